The van der Waals surface area contributed by atoms with Gasteiger partial charge in [0.05, 0.1) is 29.3 Å². The number of nitrogens with zero attached hydrogens (tertiary/aromatic N) is 4. The molecule has 0 saturated carbocycles. The van der Waals surface area contributed by atoms with Crippen molar-refractivity contribution in [3.05, 3.63) is 18.2 Å². The van der Waals surface area contributed by atoms with Gasteiger partial charge < -0.3 is 24.2 Å². The first-order chi connectivity index (χ1) is 15.1. The number of aromatic nitrogens is 1. The fraction of sp³-hybridized carbons (Fsp3) is 0.591. The van der Waals surface area contributed by atoms with E-state index in [1.807, 2.05) is 30.0 Å². The van der Waals surface area contributed by atoms with Gasteiger partial charge in [-0.25, -0.2) is 9.78 Å². The van der Waals surface area contributed by atoms with Gasteiger partial charge in [0.1, 0.15) is 5.75 Å². The number of hydrogen-bond acceptors (Lipinski definition) is 7. The van der Waals surface area contributed by atoms with E-state index in [1.165, 1.54) is 0 Å². The van der Waals surface area contributed by atoms with E-state index < -0.39 is 0 Å². The number of rotatable bonds is 5. The average Bonchev–Trinajstić information content (AvgIpc) is 3.23. The number of ether oxygens (including phenoxy) is 2. The Hall–Kier alpha value is -2.55. The van der Waals surface area contributed by atoms with E-state index in [0.29, 0.717) is 45.9 Å². The lowest BCUT2D eigenvalue weighted by atomic mass is 9.96. The second-order valence-corrected chi connectivity index (χ2v) is 8.86. The minimum absolute atomic E-state index is 0.0334. The highest BCUT2D eigenvalue weighted by Crippen LogP contribution is 2.34. The predicted octanol–water partition coefficient (Wildman–Crippen LogP) is 3.21. The monoisotopic (exact) mass is 446 g/mol. The molecule has 0 unspecified atom stereocenters. The van der Waals surface area contributed by atoms with Crippen molar-refractivity contribution >= 4 is 38.7 Å². The molecule has 8 nitrogen and oxygen atoms in total. The third kappa shape index (κ3) is 4.87. The molecule has 1 aromatic carbocycles. The van der Waals surface area contributed by atoms with Gasteiger partial charge in [-0.15, -0.1) is 0 Å². The van der Waals surface area contributed by atoms with Crippen molar-refractivity contribution in [3.63, 3.8) is 0 Å². The quantitative estimate of drug-likeness (QED) is 0.702. The van der Waals surface area contributed by atoms with Crippen molar-refractivity contribution in [1.82, 2.24) is 14.8 Å². The Kier molecular flexibility index (Phi) is 6.80. The first-order valence-electron chi connectivity index (χ1n) is 11.1. The first-order valence-corrected chi connectivity index (χ1v) is 11.9. The minimum Gasteiger partial charge on any atom is -0.494 e. The molecular weight excluding hydrogens is 416 g/mol. The number of piperazine rings is 1. The molecule has 2 aliphatic heterocycles. The number of carbonyl (C=O) groups is 2. The molecule has 3 heterocycles. The molecule has 0 radical (unpaired) electrons. The molecule has 2 amide bonds. The van der Waals surface area contributed by atoms with Crippen LogP contribution < -0.4 is 9.64 Å². The lowest BCUT2D eigenvalue weighted by molar-refractivity contribution is -0.137. The Morgan fingerprint density at radius 1 is 1.10 bits per heavy atom. The lowest BCUT2D eigenvalue weighted by Gasteiger charge is -2.38. The second kappa shape index (κ2) is 9.72. The zero-order valence-electron chi connectivity index (χ0n) is 18.2. The van der Waals surface area contributed by atoms with Crippen LogP contribution in [0.2, 0.25) is 0 Å². The van der Waals surface area contributed by atoms with Crippen molar-refractivity contribution in [2.24, 2.45) is 5.92 Å². The molecular formula is C22H30N4O4S. The smallest absolute Gasteiger partial charge is 0.409 e. The molecule has 9 heteroatoms. The highest BCUT2D eigenvalue weighted by Gasteiger charge is 2.33. The summed E-state index contributed by atoms with van der Waals surface area (Å²) in [7, 11) is 0. The SMILES string of the molecule is CCOC(=O)N1CCN(C(=O)[C@H]2CCCN(c3nc4ccc(OCC)cc4s3)C2)CC1. The number of fused-ring (bicyclic) bond motifs is 1. The van der Waals surface area contributed by atoms with Crippen molar-refractivity contribution in [2.45, 2.75) is 26.7 Å². The Morgan fingerprint density at radius 3 is 2.61 bits per heavy atom. The van der Waals surface area contributed by atoms with Crippen molar-refractivity contribution < 1.29 is 19.1 Å². The number of benzene rings is 1. The van der Waals surface area contributed by atoms with E-state index in [2.05, 4.69) is 4.90 Å². The molecule has 4 rings (SSSR count). The fourth-order valence-corrected chi connectivity index (χ4v) is 5.25. The van der Waals surface area contributed by atoms with E-state index >= 15 is 0 Å². The molecule has 2 aromatic rings. The molecule has 0 N–H and O–H groups in total. The highest BCUT2D eigenvalue weighted by atomic mass is 32.1. The van der Waals surface area contributed by atoms with Gasteiger partial charge in [-0.1, -0.05) is 11.3 Å². The van der Waals surface area contributed by atoms with Crippen LogP contribution in [0, 0.1) is 5.92 Å². The number of carbonyl (C=O) groups excluding carboxylic acids is 2. The zero-order chi connectivity index (χ0) is 21.8. The number of anilines is 1. The molecule has 0 aliphatic carbocycles. The van der Waals surface area contributed by atoms with Crippen LogP contribution in [0.1, 0.15) is 26.7 Å². The standard InChI is InChI=1S/C22H30N4O4S/c1-3-29-17-7-8-18-19(14-17)31-21(23-18)26-9-5-6-16(15-26)20(27)24-10-12-25(13-11-24)22(28)30-4-2/h7-8,14,16H,3-6,9-13,15H2,1-2H3/t16-/m0/s1. The highest BCUT2D eigenvalue weighted by molar-refractivity contribution is 7.22. The maximum atomic E-state index is 13.2. The minimum atomic E-state index is -0.290. The molecule has 1 atom stereocenters. The number of thiazole rings is 1. The van der Waals surface area contributed by atoms with Gasteiger partial charge in [0, 0.05) is 39.3 Å². The molecule has 0 bridgehead atoms. The van der Waals surface area contributed by atoms with Crippen LogP contribution in [0.5, 0.6) is 5.75 Å². The first kappa shape index (κ1) is 21.7. The van der Waals surface area contributed by atoms with Gasteiger partial charge in [-0.2, -0.15) is 0 Å². The summed E-state index contributed by atoms with van der Waals surface area (Å²) in [5.74, 6) is 1.01. The molecule has 31 heavy (non-hydrogen) atoms. The summed E-state index contributed by atoms with van der Waals surface area (Å²) in [6.07, 6.45) is 1.58. The Balaban J connectivity index is 1.38. The summed E-state index contributed by atoms with van der Waals surface area (Å²) < 4.78 is 11.8. The summed E-state index contributed by atoms with van der Waals surface area (Å²) in [6, 6.07) is 5.99. The molecule has 2 aliphatic rings. The van der Waals surface area contributed by atoms with Crippen molar-refractivity contribution in [3.8, 4) is 5.75 Å². The number of amides is 2. The van der Waals surface area contributed by atoms with Gasteiger partial charge in [-0.3, -0.25) is 4.79 Å². The zero-order valence-corrected chi connectivity index (χ0v) is 19.0. The Bertz CT molecular complexity index is 925. The van der Waals surface area contributed by atoms with Crippen LogP contribution in [-0.2, 0) is 9.53 Å². The normalized spacial score (nSPS) is 19.5. The van der Waals surface area contributed by atoms with Gasteiger partial charge >= 0.3 is 6.09 Å². The van der Waals surface area contributed by atoms with Crippen LogP contribution in [0.15, 0.2) is 18.2 Å². The van der Waals surface area contributed by atoms with Crippen LogP contribution in [0.4, 0.5) is 9.93 Å². The van der Waals surface area contributed by atoms with E-state index in [9.17, 15) is 9.59 Å². The van der Waals surface area contributed by atoms with Crippen LogP contribution in [0.25, 0.3) is 10.2 Å². The molecule has 2 saturated heterocycles. The van der Waals surface area contributed by atoms with Gasteiger partial charge in [0.15, 0.2) is 5.13 Å². The largest absolute Gasteiger partial charge is 0.494 e. The molecule has 0 spiro atoms. The molecule has 1 aromatic heterocycles. The Morgan fingerprint density at radius 2 is 1.87 bits per heavy atom. The van der Waals surface area contributed by atoms with Crippen molar-refractivity contribution in [2.75, 3.05) is 57.4 Å². The van der Waals surface area contributed by atoms with Gasteiger partial charge in [0.25, 0.3) is 0 Å². The Labute approximate surface area is 186 Å². The summed E-state index contributed by atoms with van der Waals surface area (Å²) in [5, 5.41) is 0.966. The summed E-state index contributed by atoms with van der Waals surface area (Å²) in [4.78, 5) is 35.7. The maximum absolute atomic E-state index is 13.2. The fourth-order valence-electron chi connectivity index (χ4n) is 4.22. The van der Waals surface area contributed by atoms with Gasteiger partial charge in [-0.05, 0) is 44.9 Å². The summed E-state index contributed by atoms with van der Waals surface area (Å²) >= 11 is 1.65. The molecule has 168 valence electrons. The van der Waals surface area contributed by atoms with Gasteiger partial charge in [0.2, 0.25) is 5.91 Å². The molecule has 2 fully saturated rings. The number of piperidine rings is 1. The predicted molar refractivity (Wildman–Crippen MR) is 121 cm³/mol. The summed E-state index contributed by atoms with van der Waals surface area (Å²) in [6.45, 7) is 8.58. The van der Waals surface area contributed by atoms with E-state index in [1.54, 1.807) is 23.2 Å². The van der Waals surface area contributed by atoms with Crippen LogP contribution >= 0.6 is 11.3 Å². The van der Waals surface area contributed by atoms with E-state index in [-0.39, 0.29) is 17.9 Å². The van der Waals surface area contributed by atoms with Crippen LogP contribution in [0.3, 0.4) is 0 Å². The second-order valence-electron chi connectivity index (χ2n) is 7.86. The van der Waals surface area contributed by atoms with E-state index in [0.717, 1.165) is 40.5 Å². The third-order valence-corrected chi connectivity index (χ3v) is 6.90. The number of hydrogen-bond donors (Lipinski definition) is 0. The summed E-state index contributed by atoms with van der Waals surface area (Å²) in [5.41, 5.74) is 0.965. The lowest BCUT2D eigenvalue weighted by Crippen LogP contribution is -2.53. The van der Waals surface area contributed by atoms with Crippen LogP contribution in [-0.4, -0.2) is 79.3 Å². The third-order valence-electron chi connectivity index (χ3n) is 5.82. The maximum Gasteiger partial charge on any atom is 0.409 e. The topological polar surface area (TPSA) is 75.2 Å². The van der Waals surface area contributed by atoms with E-state index in [4.69, 9.17) is 14.5 Å². The average molecular weight is 447 g/mol. The van der Waals surface area contributed by atoms with Crippen molar-refractivity contribution in [1.29, 1.82) is 0 Å².